The fourth-order valence-electron chi connectivity index (χ4n) is 1.86. The first kappa shape index (κ1) is 15.0. The number of methoxy groups -OCH3 is 1. The van der Waals surface area contributed by atoms with Crippen molar-refractivity contribution in [1.82, 2.24) is 10.3 Å². The molecule has 2 rings (SSSR count). The van der Waals surface area contributed by atoms with Gasteiger partial charge in [0.2, 0.25) is 0 Å². The molecule has 2 aromatic rings. The molecule has 0 spiro atoms. The molecular formula is C16H18N2O3. The predicted octanol–water partition coefficient (Wildman–Crippen LogP) is 1.86. The molecule has 1 aromatic heterocycles. The van der Waals surface area contributed by atoms with Gasteiger partial charge in [-0.25, -0.2) is 0 Å². The Morgan fingerprint density at radius 1 is 1.38 bits per heavy atom. The van der Waals surface area contributed by atoms with Gasteiger partial charge in [0.05, 0.1) is 18.8 Å². The number of nitrogens with one attached hydrogen (secondary N) is 1. The Morgan fingerprint density at radius 3 is 2.86 bits per heavy atom. The van der Waals surface area contributed by atoms with Crippen molar-refractivity contribution >= 4 is 5.91 Å². The summed E-state index contributed by atoms with van der Waals surface area (Å²) in [6.07, 6.45) is 0.727. The smallest absolute Gasteiger partial charge is 0.252 e. The minimum absolute atomic E-state index is 0.125. The third kappa shape index (κ3) is 4.03. The van der Waals surface area contributed by atoms with E-state index in [1.54, 1.807) is 43.5 Å². The molecule has 0 aliphatic carbocycles. The number of pyridine rings is 1. The van der Waals surface area contributed by atoms with Crippen LogP contribution < -0.4 is 10.1 Å². The molecule has 21 heavy (non-hydrogen) atoms. The number of aromatic nitrogens is 1. The van der Waals surface area contributed by atoms with Crippen LogP contribution in [0.4, 0.5) is 0 Å². The number of aliphatic hydroxyl groups is 1. The molecule has 0 fully saturated rings. The highest BCUT2D eigenvalue weighted by atomic mass is 16.5. The zero-order valence-electron chi connectivity index (χ0n) is 12.0. The van der Waals surface area contributed by atoms with Gasteiger partial charge in [0.1, 0.15) is 5.75 Å². The second-order valence-corrected chi connectivity index (χ2v) is 4.69. The Kier molecular flexibility index (Phi) is 4.90. The van der Waals surface area contributed by atoms with Crippen LogP contribution in [0.25, 0.3) is 0 Å². The van der Waals surface area contributed by atoms with Gasteiger partial charge in [0, 0.05) is 18.4 Å². The monoisotopic (exact) mass is 286 g/mol. The summed E-state index contributed by atoms with van der Waals surface area (Å²) in [5.74, 6) is 0.407. The number of nitrogens with zero attached hydrogens (tertiary/aromatic N) is 1. The van der Waals surface area contributed by atoms with Crippen LogP contribution in [0.1, 0.15) is 27.7 Å². The third-order valence-electron chi connectivity index (χ3n) is 3.11. The van der Waals surface area contributed by atoms with E-state index in [2.05, 4.69) is 10.3 Å². The van der Waals surface area contributed by atoms with Gasteiger partial charge in [0.15, 0.2) is 0 Å². The average Bonchev–Trinajstić information content (AvgIpc) is 2.53. The van der Waals surface area contributed by atoms with Crippen LogP contribution in [-0.4, -0.2) is 29.7 Å². The summed E-state index contributed by atoms with van der Waals surface area (Å²) in [6.45, 7) is 1.98. The topological polar surface area (TPSA) is 71.5 Å². The molecule has 0 saturated heterocycles. The van der Waals surface area contributed by atoms with Crippen molar-refractivity contribution < 1.29 is 14.6 Å². The van der Waals surface area contributed by atoms with E-state index < -0.39 is 6.10 Å². The summed E-state index contributed by atoms with van der Waals surface area (Å²) < 4.78 is 5.10. The minimum Gasteiger partial charge on any atom is -0.497 e. The first-order valence-corrected chi connectivity index (χ1v) is 6.63. The number of hydrogen-bond donors (Lipinski definition) is 2. The lowest BCUT2D eigenvalue weighted by atomic mass is 10.1. The molecule has 0 aliphatic heterocycles. The Balaban J connectivity index is 1.95. The maximum absolute atomic E-state index is 11.9. The first-order valence-electron chi connectivity index (χ1n) is 6.63. The van der Waals surface area contributed by atoms with Crippen molar-refractivity contribution in [2.45, 2.75) is 13.0 Å². The molecule has 1 atom stereocenters. The Morgan fingerprint density at radius 2 is 2.19 bits per heavy atom. The zero-order valence-corrected chi connectivity index (χ0v) is 12.0. The van der Waals surface area contributed by atoms with Gasteiger partial charge in [-0.1, -0.05) is 12.1 Å². The number of rotatable bonds is 5. The Labute approximate surface area is 123 Å². The number of aryl methyl sites for hydroxylation is 1. The minimum atomic E-state index is -0.789. The summed E-state index contributed by atoms with van der Waals surface area (Å²) >= 11 is 0. The van der Waals surface area contributed by atoms with E-state index in [0.717, 1.165) is 5.69 Å². The molecule has 0 aliphatic rings. The van der Waals surface area contributed by atoms with E-state index in [1.807, 2.05) is 6.92 Å². The van der Waals surface area contributed by atoms with E-state index in [0.29, 0.717) is 16.9 Å². The van der Waals surface area contributed by atoms with E-state index in [4.69, 9.17) is 4.74 Å². The van der Waals surface area contributed by atoms with Crippen LogP contribution >= 0.6 is 0 Å². The zero-order chi connectivity index (χ0) is 15.2. The number of benzene rings is 1. The van der Waals surface area contributed by atoms with Crippen LogP contribution in [0.5, 0.6) is 5.75 Å². The van der Waals surface area contributed by atoms with Gasteiger partial charge < -0.3 is 15.2 Å². The molecule has 1 aromatic carbocycles. The van der Waals surface area contributed by atoms with Crippen LogP contribution in [0, 0.1) is 6.92 Å². The lowest BCUT2D eigenvalue weighted by Gasteiger charge is -2.13. The molecule has 2 N–H and O–H groups in total. The molecule has 0 saturated carbocycles. The summed E-state index contributed by atoms with van der Waals surface area (Å²) in [4.78, 5) is 16.0. The summed E-state index contributed by atoms with van der Waals surface area (Å²) in [5, 5.41) is 12.8. The third-order valence-corrected chi connectivity index (χ3v) is 3.11. The van der Waals surface area contributed by atoms with Gasteiger partial charge in [0.25, 0.3) is 5.91 Å². The fraction of sp³-hybridized carbons (Fsp3) is 0.250. The highest BCUT2D eigenvalue weighted by Crippen LogP contribution is 2.18. The van der Waals surface area contributed by atoms with Crippen molar-refractivity contribution in [3.8, 4) is 5.75 Å². The quantitative estimate of drug-likeness (QED) is 0.880. The molecule has 5 heteroatoms. The van der Waals surface area contributed by atoms with Gasteiger partial charge in [-0.3, -0.25) is 9.78 Å². The lowest BCUT2D eigenvalue weighted by Crippen LogP contribution is -2.28. The second-order valence-electron chi connectivity index (χ2n) is 4.69. The number of aliphatic hydroxyl groups excluding tert-OH is 1. The summed E-state index contributed by atoms with van der Waals surface area (Å²) in [5.41, 5.74) is 2.01. The molecule has 1 unspecified atom stereocenters. The van der Waals surface area contributed by atoms with E-state index >= 15 is 0 Å². The van der Waals surface area contributed by atoms with Gasteiger partial charge in [-0.2, -0.15) is 0 Å². The lowest BCUT2D eigenvalue weighted by molar-refractivity contribution is 0.0916. The molecule has 1 amide bonds. The maximum atomic E-state index is 11.9. The number of hydrogen-bond acceptors (Lipinski definition) is 4. The predicted molar refractivity (Wildman–Crippen MR) is 79.3 cm³/mol. The van der Waals surface area contributed by atoms with E-state index in [-0.39, 0.29) is 12.5 Å². The average molecular weight is 286 g/mol. The Hall–Kier alpha value is -2.40. The largest absolute Gasteiger partial charge is 0.497 e. The number of carbonyl (C=O) groups excluding carboxylic acids is 1. The van der Waals surface area contributed by atoms with Crippen LogP contribution in [-0.2, 0) is 0 Å². The van der Waals surface area contributed by atoms with E-state index in [9.17, 15) is 9.90 Å². The first-order chi connectivity index (χ1) is 10.1. The number of ether oxygens (including phenoxy) is 1. The SMILES string of the molecule is COc1cccc(C(O)CNC(=O)c2ccc(C)nc2)c1. The van der Waals surface area contributed by atoms with Crippen molar-refractivity contribution in [2.24, 2.45) is 0 Å². The highest BCUT2D eigenvalue weighted by Gasteiger charge is 2.11. The van der Waals surface area contributed by atoms with Crippen LogP contribution in [0.3, 0.4) is 0 Å². The van der Waals surface area contributed by atoms with Crippen molar-refractivity contribution in [1.29, 1.82) is 0 Å². The molecule has 1 heterocycles. The van der Waals surface area contributed by atoms with Gasteiger partial charge in [-0.15, -0.1) is 0 Å². The summed E-state index contributed by atoms with van der Waals surface area (Å²) in [6, 6.07) is 10.6. The van der Waals surface area contributed by atoms with E-state index in [1.165, 1.54) is 6.20 Å². The van der Waals surface area contributed by atoms with Crippen molar-refractivity contribution in [2.75, 3.05) is 13.7 Å². The fourth-order valence-corrected chi connectivity index (χ4v) is 1.86. The van der Waals surface area contributed by atoms with Crippen molar-refractivity contribution in [3.05, 3.63) is 59.4 Å². The number of carbonyl (C=O) groups is 1. The maximum Gasteiger partial charge on any atom is 0.252 e. The molecule has 5 nitrogen and oxygen atoms in total. The molecule has 0 bridgehead atoms. The summed E-state index contributed by atoms with van der Waals surface area (Å²) in [7, 11) is 1.57. The Bertz CT molecular complexity index is 611. The van der Waals surface area contributed by atoms with Gasteiger partial charge >= 0.3 is 0 Å². The highest BCUT2D eigenvalue weighted by molar-refractivity contribution is 5.93. The standard InChI is InChI=1S/C16H18N2O3/c1-11-6-7-13(9-17-11)16(20)18-10-15(19)12-4-3-5-14(8-12)21-2/h3-9,15,19H,10H2,1-2H3,(H,18,20). The molecular weight excluding hydrogens is 268 g/mol. The second kappa shape index (κ2) is 6.85. The van der Waals surface area contributed by atoms with Crippen molar-refractivity contribution in [3.63, 3.8) is 0 Å². The van der Waals surface area contributed by atoms with Gasteiger partial charge in [-0.05, 0) is 36.8 Å². The van der Waals surface area contributed by atoms with Crippen LogP contribution in [0.15, 0.2) is 42.6 Å². The van der Waals surface area contributed by atoms with Crippen LogP contribution in [0.2, 0.25) is 0 Å². The molecule has 0 radical (unpaired) electrons. The number of amides is 1. The molecule has 110 valence electrons. The normalized spacial score (nSPS) is 11.8.